The van der Waals surface area contributed by atoms with Crippen molar-refractivity contribution < 1.29 is 9.53 Å². The van der Waals surface area contributed by atoms with Crippen molar-refractivity contribution in [3.05, 3.63) is 18.2 Å². The third-order valence-electron chi connectivity index (χ3n) is 3.73. The first kappa shape index (κ1) is 12.3. The summed E-state index contributed by atoms with van der Waals surface area (Å²) in [6, 6.07) is 5.99. The van der Waals surface area contributed by atoms with Crippen molar-refractivity contribution in [2.45, 2.75) is 45.3 Å². The van der Waals surface area contributed by atoms with E-state index in [1.54, 1.807) is 0 Å². The van der Waals surface area contributed by atoms with Crippen LogP contribution in [0, 0.1) is 0 Å². The van der Waals surface area contributed by atoms with Gasteiger partial charge in [0.1, 0.15) is 17.5 Å². The number of hydrogen-bond donors (Lipinski definition) is 1. The summed E-state index contributed by atoms with van der Waals surface area (Å²) in [6.45, 7) is 4.94. The number of hydrogen-bond acceptors (Lipinski definition) is 3. The van der Waals surface area contributed by atoms with Crippen LogP contribution in [0.2, 0.25) is 0 Å². The molecule has 1 aromatic rings. The molecule has 2 aliphatic rings. The van der Waals surface area contributed by atoms with E-state index in [1.807, 2.05) is 26.0 Å². The van der Waals surface area contributed by atoms with Crippen molar-refractivity contribution >= 4 is 17.3 Å². The number of carbonyl (C=O) groups is 1. The zero-order valence-corrected chi connectivity index (χ0v) is 11.5. The topological polar surface area (TPSA) is 41.6 Å². The summed E-state index contributed by atoms with van der Waals surface area (Å²) in [7, 11) is 0. The number of carbonyl (C=O) groups excluding carboxylic acids is 1. The number of benzene rings is 1. The highest BCUT2D eigenvalue weighted by Crippen LogP contribution is 2.41. The number of nitrogens with zero attached hydrogens (tertiary/aromatic N) is 1. The molecule has 2 aliphatic heterocycles. The zero-order valence-electron chi connectivity index (χ0n) is 11.5. The Bertz CT molecular complexity index is 499. The van der Waals surface area contributed by atoms with Crippen molar-refractivity contribution in [1.29, 1.82) is 0 Å². The molecule has 4 heteroatoms. The molecule has 0 aromatic heterocycles. The maximum absolute atomic E-state index is 12.2. The summed E-state index contributed by atoms with van der Waals surface area (Å²) < 4.78 is 5.80. The Kier molecular flexibility index (Phi) is 3.09. The first-order valence-corrected chi connectivity index (χ1v) is 7.04. The molecular formula is C15H20N2O2. The molecule has 0 spiro atoms. The third kappa shape index (κ3) is 2.15. The molecule has 102 valence electrons. The Balaban J connectivity index is 2.01. The SMILES string of the molecule is CC(C)Oc1cccc2c1NC(=O)C1CCCCN21. The number of nitrogens with one attached hydrogen (secondary N) is 1. The number of anilines is 2. The van der Waals surface area contributed by atoms with Crippen LogP contribution in [0.15, 0.2) is 18.2 Å². The van der Waals surface area contributed by atoms with Gasteiger partial charge in [0.2, 0.25) is 5.91 Å². The molecular weight excluding hydrogens is 240 g/mol. The fourth-order valence-electron chi connectivity index (χ4n) is 2.94. The molecule has 0 saturated carbocycles. The Labute approximate surface area is 113 Å². The lowest BCUT2D eigenvalue weighted by molar-refractivity contribution is -0.118. The van der Waals surface area contributed by atoms with E-state index in [2.05, 4.69) is 16.3 Å². The second-order valence-electron chi connectivity index (χ2n) is 5.51. The highest BCUT2D eigenvalue weighted by Gasteiger charge is 2.35. The second kappa shape index (κ2) is 4.76. The lowest BCUT2D eigenvalue weighted by Crippen LogP contribution is -2.50. The van der Waals surface area contributed by atoms with Gasteiger partial charge in [-0.15, -0.1) is 0 Å². The Morgan fingerprint density at radius 2 is 2.21 bits per heavy atom. The van der Waals surface area contributed by atoms with Crippen LogP contribution in [-0.4, -0.2) is 24.6 Å². The number of piperidine rings is 1. The Morgan fingerprint density at radius 1 is 1.37 bits per heavy atom. The first-order valence-electron chi connectivity index (χ1n) is 7.04. The fourth-order valence-corrected chi connectivity index (χ4v) is 2.94. The highest BCUT2D eigenvalue weighted by atomic mass is 16.5. The van der Waals surface area contributed by atoms with Crippen LogP contribution in [0.4, 0.5) is 11.4 Å². The number of rotatable bonds is 2. The van der Waals surface area contributed by atoms with Gasteiger partial charge in [-0.2, -0.15) is 0 Å². The van der Waals surface area contributed by atoms with Gasteiger partial charge in [-0.05, 0) is 45.2 Å². The van der Waals surface area contributed by atoms with Crippen molar-refractivity contribution in [1.82, 2.24) is 0 Å². The maximum Gasteiger partial charge on any atom is 0.247 e. The van der Waals surface area contributed by atoms with E-state index in [1.165, 1.54) is 0 Å². The number of fused-ring (bicyclic) bond motifs is 3. The molecule has 2 heterocycles. The van der Waals surface area contributed by atoms with Crippen molar-refractivity contribution in [2.75, 3.05) is 16.8 Å². The zero-order chi connectivity index (χ0) is 13.4. The monoisotopic (exact) mass is 260 g/mol. The standard InChI is InChI=1S/C15H20N2O2/c1-10(2)19-13-8-5-7-11-14(13)16-15(18)12-6-3-4-9-17(11)12/h5,7-8,10,12H,3-4,6,9H2,1-2H3,(H,16,18). The van der Waals surface area contributed by atoms with Gasteiger partial charge in [0.25, 0.3) is 0 Å². The predicted molar refractivity (Wildman–Crippen MR) is 75.8 cm³/mol. The molecule has 0 radical (unpaired) electrons. The van der Waals surface area contributed by atoms with Gasteiger partial charge >= 0.3 is 0 Å². The minimum absolute atomic E-state index is 0.00412. The van der Waals surface area contributed by atoms with E-state index < -0.39 is 0 Å². The average molecular weight is 260 g/mol. The van der Waals surface area contributed by atoms with Gasteiger partial charge in [-0.3, -0.25) is 4.79 Å². The molecule has 0 bridgehead atoms. The molecule has 1 unspecified atom stereocenters. The molecule has 19 heavy (non-hydrogen) atoms. The largest absolute Gasteiger partial charge is 0.489 e. The van der Waals surface area contributed by atoms with E-state index in [9.17, 15) is 4.79 Å². The van der Waals surface area contributed by atoms with Gasteiger partial charge in [-0.1, -0.05) is 6.07 Å². The van der Waals surface area contributed by atoms with E-state index in [4.69, 9.17) is 4.74 Å². The van der Waals surface area contributed by atoms with Crippen LogP contribution in [0.5, 0.6) is 5.75 Å². The summed E-state index contributed by atoms with van der Waals surface area (Å²) in [5.41, 5.74) is 1.93. The molecule has 1 atom stereocenters. The molecule has 0 aliphatic carbocycles. The summed E-state index contributed by atoms with van der Waals surface area (Å²) >= 11 is 0. The Hall–Kier alpha value is -1.71. The molecule has 1 fully saturated rings. The van der Waals surface area contributed by atoms with Crippen molar-refractivity contribution in [3.8, 4) is 5.75 Å². The van der Waals surface area contributed by atoms with Crippen LogP contribution in [-0.2, 0) is 4.79 Å². The van der Waals surface area contributed by atoms with Crippen LogP contribution in [0.1, 0.15) is 33.1 Å². The normalized spacial score (nSPS) is 21.7. The third-order valence-corrected chi connectivity index (χ3v) is 3.73. The lowest BCUT2D eigenvalue weighted by atomic mass is 9.97. The Morgan fingerprint density at radius 3 is 3.00 bits per heavy atom. The maximum atomic E-state index is 12.2. The molecule has 1 amide bonds. The number of ether oxygens (including phenoxy) is 1. The van der Waals surface area contributed by atoms with Crippen LogP contribution < -0.4 is 15.0 Å². The minimum atomic E-state index is -0.00412. The van der Waals surface area contributed by atoms with Crippen LogP contribution >= 0.6 is 0 Å². The van der Waals surface area contributed by atoms with E-state index >= 15 is 0 Å². The predicted octanol–water partition coefficient (Wildman–Crippen LogP) is 2.78. The quantitative estimate of drug-likeness (QED) is 0.889. The van der Waals surface area contributed by atoms with Gasteiger partial charge in [0.15, 0.2) is 0 Å². The highest BCUT2D eigenvalue weighted by molar-refractivity contribution is 6.05. The molecule has 1 aromatic carbocycles. The summed E-state index contributed by atoms with van der Waals surface area (Å²) in [6.07, 6.45) is 3.33. The average Bonchev–Trinajstić information content (AvgIpc) is 2.40. The summed E-state index contributed by atoms with van der Waals surface area (Å²) in [5, 5.41) is 3.03. The van der Waals surface area contributed by atoms with E-state index in [-0.39, 0.29) is 18.1 Å². The molecule has 4 nitrogen and oxygen atoms in total. The van der Waals surface area contributed by atoms with Gasteiger partial charge in [-0.25, -0.2) is 0 Å². The second-order valence-corrected chi connectivity index (χ2v) is 5.51. The van der Waals surface area contributed by atoms with E-state index in [0.29, 0.717) is 0 Å². The smallest absolute Gasteiger partial charge is 0.247 e. The molecule has 3 rings (SSSR count). The van der Waals surface area contributed by atoms with Crippen molar-refractivity contribution in [3.63, 3.8) is 0 Å². The van der Waals surface area contributed by atoms with Crippen LogP contribution in [0.25, 0.3) is 0 Å². The summed E-state index contributed by atoms with van der Waals surface area (Å²) in [5.74, 6) is 0.872. The van der Waals surface area contributed by atoms with Crippen molar-refractivity contribution in [2.24, 2.45) is 0 Å². The van der Waals surface area contributed by atoms with Gasteiger partial charge in [0.05, 0.1) is 11.8 Å². The number of para-hydroxylation sites is 1. The van der Waals surface area contributed by atoms with Gasteiger partial charge < -0.3 is 15.0 Å². The molecule has 1 saturated heterocycles. The van der Waals surface area contributed by atoms with Crippen LogP contribution in [0.3, 0.4) is 0 Å². The number of amides is 1. The van der Waals surface area contributed by atoms with E-state index in [0.717, 1.165) is 42.9 Å². The van der Waals surface area contributed by atoms with Gasteiger partial charge in [0, 0.05) is 6.54 Å². The first-order chi connectivity index (χ1) is 9.16. The lowest BCUT2D eigenvalue weighted by Gasteiger charge is -2.41. The fraction of sp³-hybridized carbons (Fsp3) is 0.533. The summed E-state index contributed by atoms with van der Waals surface area (Å²) in [4.78, 5) is 14.4. The molecule has 1 N–H and O–H groups in total. The minimum Gasteiger partial charge on any atom is -0.489 e.